The summed E-state index contributed by atoms with van der Waals surface area (Å²) in [6, 6.07) is 5.46. The maximum absolute atomic E-state index is 11.6. The summed E-state index contributed by atoms with van der Waals surface area (Å²) >= 11 is 0. The van der Waals surface area contributed by atoms with E-state index in [-0.39, 0.29) is 11.4 Å². The highest BCUT2D eigenvalue weighted by Crippen LogP contribution is 2.22. The lowest BCUT2D eigenvalue weighted by atomic mass is 10.2. The minimum absolute atomic E-state index is 0.0914. The van der Waals surface area contributed by atoms with Crippen molar-refractivity contribution in [2.75, 3.05) is 4.72 Å². The molecule has 1 atom stereocenters. The molecular weight excluding hydrogens is 258 g/mol. The van der Waals surface area contributed by atoms with Gasteiger partial charge in [0.1, 0.15) is 0 Å². The first-order valence-electron chi connectivity index (χ1n) is 4.94. The number of hydrogen-bond donors (Lipinski definition) is 1. The van der Waals surface area contributed by atoms with E-state index in [9.17, 15) is 18.5 Å². The van der Waals surface area contributed by atoms with Gasteiger partial charge in [0.2, 0.25) is 10.0 Å². The Labute approximate surface area is 104 Å². The van der Waals surface area contributed by atoms with Crippen molar-refractivity contribution < 1.29 is 13.3 Å². The second kappa shape index (κ2) is 5.01. The van der Waals surface area contributed by atoms with Crippen LogP contribution in [0, 0.1) is 28.4 Å². The maximum Gasteiger partial charge on any atom is 0.272 e. The van der Waals surface area contributed by atoms with Crippen LogP contribution in [0.25, 0.3) is 0 Å². The van der Waals surface area contributed by atoms with Crippen molar-refractivity contribution in [2.24, 2.45) is 0 Å². The van der Waals surface area contributed by atoms with Crippen molar-refractivity contribution in [3.8, 4) is 6.07 Å². The zero-order valence-corrected chi connectivity index (χ0v) is 10.6. The summed E-state index contributed by atoms with van der Waals surface area (Å²) in [5.41, 5.74) is 0.441. The molecule has 8 heteroatoms. The molecule has 1 aromatic carbocycles. The van der Waals surface area contributed by atoms with E-state index < -0.39 is 20.2 Å². The number of benzene rings is 1. The van der Waals surface area contributed by atoms with Crippen LogP contribution in [-0.2, 0) is 10.0 Å². The Morgan fingerprint density at radius 2 is 2.11 bits per heavy atom. The Morgan fingerprint density at radius 1 is 1.50 bits per heavy atom. The van der Waals surface area contributed by atoms with Crippen molar-refractivity contribution in [3.05, 3.63) is 33.9 Å². The molecule has 1 N–H and O–H groups in total. The average molecular weight is 269 g/mol. The van der Waals surface area contributed by atoms with Crippen LogP contribution in [0.15, 0.2) is 18.2 Å². The van der Waals surface area contributed by atoms with Gasteiger partial charge in [0.05, 0.1) is 11.0 Å². The van der Waals surface area contributed by atoms with Crippen LogP contribution in [0.3, 0.4) is 0 Å². The molecular formula is C10H11N3O4S. The smallest absolute Gasteiger partial charge is 0.272 e. The molecule has 1 aromatic rings. The topological polar surface area (TPSA) is 113 Å². The summed E-state index contributed by atoms with van der Waals surface area (Å²) in [7, 11) is -3.79. The zero-order chi connectivity index (χ0) is 13.9. The minimum atomic E-state index is -3.79. The highest BCUT2D eigenvalue weighted by Gasteiger charge is 2.20. The summed E-state index contributed by atoms with van der Waals surface area (Å²) in [6.07, 6.45) is 0. The van der Waals surface area contributed by atoms with E-state index >= 15 is 0 Å². The third-order valence-corrected chi connectivity index (χ3v) is 3.86. The molecule has 0 fully saturated rings. The standard InChI is InChI=1S/C10H11N3O4S/c1-7-5-9(3-4-10(7)13(14)15)12-18(16,17)8(2)6-11/h3-5,8,12H,1-2H3. The lowest BCUT2D eigenvalue weighted by Gasteiger charge is -2.09. The third-order valence-electron chi connectivity index (χ3n) is 2.30. The van der Waals surface area contributed by atoms with Crippen molar-refractivity contribution >= 4 is 21.4 Å². The van der Waals surface area contributed by atoms with E-state index in [0.29, 0.717) is 5.56 Å². The van der Waals surface area contributed by atoms with Gasteiger partial charge in [0.25, 0.3) is 5.69 Å². The molecule has 96 valence electrons. The van der Waals surface area contributed by atoms with Gasteiger partial charge >= 0.3 is 0 Å². The highest BCUT2D eigenvalue weighted by atomic mass is 32.2. The van der Waals surface area contributed by atoms with Gasteiger partial charge in [0.15, 0.2) is 5.25 Å². The first-order valence-corrected chi connectivity index (χ1v) is 6.49. The van der Waals surface area contributed by atoms with E-state index in [1.165, 1.54) is 32.0 Å². The van der Waals surface area contributed by atoms with Crippen molar-refractivity contribution in [1.29, 1.82) is 5.26 Å². The molecule has 0 aliphatic heterocycles. The first kappa shape index (κ1) is 13.9. The summed E-state index contributed by atoms with van der Waals surface area (Å²) in [4.78, 5) is 10.0. The van der Waals surface area contributed by atoms with E-state index in [0.717, 1.165) is 0 Å². The van der Waals surface area contributed by atoms with E-state index in [1.54, 1.807) is 6.07 Å². The van der Waals surface area contributed by atoms with Crippen LogP contribution in [0.4, 0.5) is 11.4 Å². The Morgan fingerprint density at radius 3 is 2.56 bits per heavy atom. The predicted molar refractivity (Wildman–Crippen MR) is 65.5 cm³/mol. The number of rotatable bonds is 4. The molecule has 0 heterocycles. The molecule has 0 radical (unpaired) electrons. The lowest BCUT2D eigenvalue weighted by molar-refractivity contribution is -0.385. The molecule has 0 saturated heterocycles. The minimum Gasteiger partial charge on any atom is -0.282 e. The predicted octanol–water partition coefficient (Wildman–Crippen LogP) is 1.56. The number of nitrogens with zero attached hydrogens (tertiary/aromatic N) is 2. The summed E-state index contributed by atoms with van der Waals surface area (Å²) < 4.78 is 25.4. The van der Waals surface area contributed by atoms with Crippen molar-refractivity contribution in [3.63, 3.8) is 0 Å². The van der Waals surface area contributed by atoms with Crippen LogP contribution in [0.1, 0.15) is 12.5 Å². The molecule has 0 bridgehead atoms. The van der Waals surface area contributed by atoms with Gasteiger partial charge < -0.3 is 0 Å². The normalized spacial score (nSPS) is 12.5. The molecule has 0 aliphatic carbocycles. The molecule has 1 unspecified atom stereocenters. The van der Waals surface area contributed by atoms with Crippen molar-refractivity contribution in [2.45, 2.75) is 19.1 Å². The van der Waals surface area contributed by atoms with E-state index in [4.69, 9.17) is 5.26 Å². The van der Waals surface area contributed by atoms with Crippen LogP contribution < -0.4 is 4.72 Å². The molecule has 0 spiro atoms. The quantitative estimate of drug-likeness (QED) is 0.658. The van der Waals surface area contributed by atoms with Gasteiger partial charge in [-0.05, 0) is 26.0 Å². The second-order valence-corrected chi connectivity index (χ2v) is 5.68. The second-order valence-electron chi connectivity index (χ2n) is 3.68. The van der Waals surface area contributed by atoms with Crippen LogP contribution in [0.5, 0.6) is 0 Å². The summed E-state index contributed by atoms with van der Waals surface area (Å²) in [5.74, 6) is 0. The van der Waals surface area contributed by atoms with Gasteiger partial charge in [-0.15, -0.1) is 0 Å². The van der Waals surface area contributed by atoms with Crippen LogP contribution in [0.2, 0.25) is 0 Å². The molecule has 0 saturated carbocycles. The molecule has 0 aromatic heterocycles. The number of sulfonamides is 1. The number of nitriles is 1. The monoisotopic (exact) mass is 269 g/mol. The number of nitrogens with one attached hydrogen (secondary N) is 1. The largest absolute Gasteiger partial charge is 0.282 e. The number of hydrogen-bond acceptors (Lipinski definition) is 5. The summed E-state index contributed by atoms with van der Waals surface area (Å²) in [5, 5.41) is 18.0. The SMILES string of the molecule is Cc1cc(NS(=O)(=O)C(C)C#N)ccc1[N+](=O)[O-]. The van der Waals surface area contributed by atoms with Gasteiger partial charge in [-0.2, -0.15) is 5.26 Å². The van der Waals surface area contributed by atoms with E-state index in [2.05, 4.69) is 4.72 Å². The van der Waals surface area contributed by atoms with Crippen LogP contribution in [-0.4, -0.2) is 18.6 Å². The molecule has 7 nitrogen and oxygen atoms in total. The molecule has 0 amide bonds. The van der Waals surface area contributed by atoms with Gasteiger partial charge in [-0.1, -0.05) is 0 Å². The van der Waals surface area contributed by atoms with E-state index in [1.807, 2.05) is 0 Å². The lowest BCUT2D eigenvalue weighted by Crippen LogP contribution is -2.23. The highest BCUT2D eigenvalue weighted by molar-refractivity contribution is 7.93. The van der Waals surface area contributed by atoms with Gasteiger partial charge in [0, 0.05) is 17.3 Å². The Hall–Kier alpha value is -2.14. The number of anilines is 1. The fourth-order valence-corrected chi connectivity index (χ4v) is 2.02. The summed E-state index contributed by atoms with van der Waals surface area (Å²) in [6.45, 7) is 2.75. The van der Waals surface area contributed by atoms with Gasteiger partial charge in [-0.25, -0.2) is 8.42 Å². The Balaban J connectivity index is 3.05. The average Bonchev–Trinajstić information content (AvgIpc) is 2.26. The molecule has 1 rings (SSSR count). The fraction of sp³-hybridized carbons (Fsp3) is 0.300. The number of aryl methyl sites for hydroxylation is 1. The molecule has 18 heavy (non-hydrogen) atoms. The van der Waals surface area contributed by atoms with Gasteiger partial charge in [-0.3, -0.25) is 14.8 Å². The zero-order valence-electron chi connectivity index (χ0n) is 9.75. The Bertz CT molecular complexity index is 619. The Kier molecular flexibility index (Phi) is 3.88. The number of nitro groups is 1. The fourth-order valence-electron chi connectivity index (χ4n) is 1.25. The number of nitro benzene ring substituents is 1. The third kappa shape index (κ3) is 2.95. The van der Waals surface area contributed by atoms with Crippen LogP contribution >= 0.6 is 0 Å². The maximum atomic E-state index is 11.6. The first-order chi connectivity index (χ1) is 8.27. The van der Waals surface area contributed by atoms with Crippen molar-refractivity contribution in [1.82, 2.24) is 0 Å². The molecule has 0 aliphatic rings.